The number of nitrogens with zero attached hydrogens (tertiary/aromatic N) is 4. The maximum atomic E-state index is 13.9. The van der Waals surface area contributed by atoms with Gasteiger partial charge in [-0.3, -0.25) is 4.79 Å². The Morgan fingerprint density at radius 1 is 1.09 bits per heavy atom. The van der Waals surface area contributed by atoms with Crippen LogP contribution in [0.3, 0.4) is 0 Å². The number of anilines is 1. The van der Waals surface area contributed by atoms with E-state index >= 15 is 0 Å². The molecule has 8 nitrogen and oxygen atoms in total. The lowest BCUT2D eigenvalue weighted by Gasteiger charge is -2.30. The number of hydrogen-bond acceptors (Lipinski definition) is 7. The first-order valence-electron chi connectivity index (χ1n) is 11.3. The Morgan fingerprint density at radius 2 is 1.74 bits per heavy atom. The van der Waals surface area contributed by atoms with Gasteiger partial charge in [-0.25, -0.2) is 12.4 Å². The third-order valence-corrected chi connectivity index (χ3v) is 7.71. The number of nitriles is 1. The van der Waals surface area contributed by atoms with Gasteiger partial charge < -0.3 is 14.5 Å². The Bertz CT molecular complexity index is 1460. The van der Waals surface area contributed by atoms with Crippen molar-refractivity contribution < 1.29 is 17.9 Å². The van der Waals surface area contributed by atoms with Crippen molar-refractivity contribution in [1.82, 2.24) is 8.87 Å². The Morgan fingerprint density at radius 3 is 2.34 bits per heavy atom. The number of hydrogen-bond donors (Lipinski definition) is 0. The molecule has 0 aliphatic carbocycles. The highest BCUT2D eigenvalue weighted by Gasteiger charge is 2.29. The van der Waals surface area contributed by atoms with E-state index in [0.717, 1.165) is 20.8 Å². The van der Waals surface area contributed by atoms with Crippen molar-refractivity contribution in [2.75, 3.05) is 45.3 Å². The Labute approximate surface area is 205 Å². The topological polar surface area (TPSA) is 95.6 Å². The lowest BCUT2D eigenvalue weighted by atomic mass is 10.1. The second kappa shape index (κ2) is 9.56. The molecule has 0 atom stereocenters. The summed E-state index contributed by atoms with van der Waals surface area (Å²) in [6.07, 6.45) is 1.40. The van der Waals surface area contributed by atoms with Gasteiger partial charge in [-0.2, -0.15) is 5.26 Å². The Kier molecular flexibility index (Phi) is 6.70. The summed E-state index contributed by atoms with van der Waals surface area (Å²) >= 11 is 0. The van der Waals surface area contributed by atoms with Crippen molar-refractivity contribution in [1.29, 1.82) is 5.26 Å². The molecule has 0 bridgehead atoms. The molecule has 0 unspecified atom stereocenters. The highest BCUT2D eigenvalue weighted by molar-refractivity contribution is 7.90. The van der Waals surface area contributed by atoms with Crippen molar-refractivity contribution in [2.45, 2.75) is 18.7 Å². The SMILES string of the molecule is Cc1ccc(S(=O)(=O)n2c(C(=O)/C(C#N)=C/N(C)C)cc3cc(C)c(N4CCOCC4)cc32)cc1. The van der Waals surface area contributed by atoms with E-state index < -0.39 is 15.8 Å². The van der Waals surface area contributed by atoms with E-state index in [-0.39, 0.29) is 16.2 Å². The molecule has 1 aliphatic heterocycles. The summed E-state index contributed by atoms with van der Waals surface area (Å²) < 4.78 is 34.4. The van der Waals surface area contributed by atoms with Crippen LogP contribution in [0.25, 0.3) is 10.9 Å². The third kappa shape index (κ3) is 4.67. The predicted octanol–water partition coefficient (Wildman–Crippen LogP) is 3.48. The third-order valence-electron chi connectivity index (χ3n) is 5.97. The number of fused-ring (bicyclic) bond motifs is 1. The Balaban J connectivity index is 2.01. The molecule has 35 heavy (non-hydrogen) atoms. The molecule has 3 aromatic rings. The van der Waals surface area contributed by atoms with Crippen molar-refractivity contribution in [3.05, 3.63) is 71.1 Å². The molecule has 0 spiro atoms. The maximum absolute atomic E-state index is 13.9. The van der Waals surface area contributed by atoms with Gasteiger partial charge in [0.1, 0.15) is 17.3 Å². The molecular weight excluding hydrogens is 464 g/mol. The standard InChI is InChI=1S/C26H28N4O4S/c1-18-5-7-22(8-6-18)35(32,33)30-24-15-23(29-9-11-34-12-10-29)19(2)13-20(24)14-25(30)26(31)21(16-27)17-28(3)4/h5-8,13-15,17H,9-12H2,1-4H3/b21-17+. The number of ketones is 1. The highest BCUT2D eigenvalue weighted by Crippen LogP contribution is 2.33. The van der Waals surface area contributed by atoms with E-state index in [1.165, 1.54) is 18.3 Å². The number of rotatable bonds is 6. The van der Waals surface area contributed by atoms with E-state index in [1.54, 1.807) is 37.2 Å². The summed E-state index contributed by atoms with van der Waals surface area (Å²) in [6.45, 7) is 6.39. The molecule has 2 aromatic carbocycles. The zero-order chi connectivity index (χ0) is 25.3. The van der Waals surface area contributed by atoms with Gasteiger partial charge in [0.25, 0.3) is 10.0 Å². The van der Waals surface area contributed by atoms with Crippen LogP contribution in [0.4, 0.5) is 5.69 Å². The Hall–Kier alpha value is -3.61. The van der Waals surface area contributed by atoms with Crippen molar-refractivity contribution in [3.63, 3.8) is 0 Å². The normalized spacial score (nSPS) is 14.7. The lowest BCUT2D eigenvalue weighted by molar-refractivity contribution is 0.103. The second-order valence-electron chi connectivity index (χ2n) is 8.86. The van der Waals surface area contributed by atoms with E-state index in [9.17, 15) is 18.5 Å². The number of benzene rings is 2. The molecule has 1 saturated heterocycles. The average Bonchev–Trinajstić information content (AvgIpc) is 3.21. The summed E-state index contributed by atoms with van der Waals surface area (Å²) in [7, 11) is -0.752. The van der Waals surface area contributed by atoms with Crippen LogP contribution in [0.5, 0.6) is 0 Å². The van der Waals surface area contributed by atoms with Crippen LogP contribution in [0.2, 0.25) is 0 Å². The first kappa shape index (κ1) is 24.5. The number of carbonyl (C=O) groups excluding carboxylic acids is 1. The van der Waals surface area contributed by atoms with Gasteiger partial charge in [-0.1, -0.05) is 17.7 Å². The highest BCUT2D eigenvalue weighted by atomic mass is 32.2. The van der Waals surface area contributed by atoms with Crippen LogP contribution < -0.4 is 4.90 Å². The quantitative estimate of drug-likeness (QED) is 0.295. The zero-order valence-corrected chi connectivity index (χ0v) is 21.1. The molecule has 4 rings (SSSR count). The fourth-order valence-electron chi connectivity index (χ4n) is 4.25. The van der Waals surface area contributed by atoms with E-state index in [0.29, 0.717) is 37.2 Å². The molecule has 0 N–H and O–H groups in total. The zero-order valence-electron chi connectivity index (χ0n) is 20.3. The van der Waals surface area contributed by atoms with Gasteiger partial charge in [0.05, 0.1) is 23.6 Å². The molecule has 0 radical (unpaired) electrons. The summed E-state index contributed by atoms with van der Waals surface area (Å²) in [5.74, 6) is -0.654. The van der Waals surface area contributed by atoms with Gasteiger partial charge in [-0.15, -0.1) is 0 Å². The summed E-state index contributed by atoms with van der Waals surface area (Å²) in [5.41, 5.74) is 2.94. The molecular formula is C26H28N4O4S. The van der Waals surface area contributed by atoms with Crippen molar-refractivity contribution in [2.24, 2.45) is 0 Å². The lowest BCUT2D eigenvalue weighted by Crippen LogP contribution is -2.36. The van der Waals surface area contributed by atoms with E-state index in [2.05, 4.69) is 4.90 Å². The first-order chi connectivity index (χ1) is 16.6. The van der Waals surface area contributed by atoms with Gasteiger partial charge in [0, 0.05) is 44.5 Å². The number of allylic oxidation sites excluding steroid dienone is 1. The largest absolute Gasteiger partial charge is 0.382 e. The molecule has 182 valence electrons. The van der Waals surface area contributed by atoms with Gasteiger partial charge in [-0.05, 0) is 49.7 Å². The molecule has 9 heteroatoms. The fourth-order valence-corrected chi connectivity index (χ4v) is 5.75. The summed E-state index contributed by atoms with van der Waals surface area (Å²) in [5, 5.41) is 10.2. The molecule has 1 aliphatic rings. The number of carbonyl (C=O) groups is 1. The smallest absolute Gasteiger partial charge is 0.268 e. The van der Waals surface area contributed by atoms with Gasteiger partial charge >= 0.3 is 0 Å². The maximum Gasteiger partial charge on any atom is 0.268 e. The molecule has 1 fully saturated rings. The van der Waals surface area contributed by atoms with E-state index in [4.69, 9.17) is 4.74 Å². The number of Topliss-reactive ketones (excluding diaryl/α,β-unsaturated/α-hetero) is 1. The molecule has 0 saturated carbocycles. The van der Waals surface area contributed by atoms with Crippen LogP contribution in [0.1, 0.15) is 21.6 Å². The number of morpholine rings is 1. The predicted molar refractivity (Wildman–Crippen MR) is 135 cm³/mol. The van der Waals surface area contributed by atoms with Crippen LogP contribution in [0.15, 0.2) is 59.1 Å². The van der Waals surface area contributed by atoms with Crippen LogP contribution in [-0.4, -0.2) is 63.5 Å². The summed E-state index contributed by atoms with van der Waals surface area (Å²) in [6, 6.07) is 13.7. The number of ether oxygens (including phenoxy) is 1. The first-order valence-corrected chi connectivity index (χ1v) is 12.7. The average molecular weight is 493 g/mol. The molecule has 0 amide bonds. The summed E-state index contributed by atoms with van der Waals surface area (Å²) in [4.78, 5) is 17.3. The molecule has 1 aromatic heterocycles. The number of aromatic nitrogens is 1. The van der Waals surface area contributed by atoms with Crippen LogP contribution in [0, 0.1) is 25.2 Å². The van der Waals surface area contributed by atoms with Crippen molar-refractivity contribution in [3.8, 4) is 6.07 Å². The van der Waals surface area contributed by atoms with Crippen LogP contribution in [-0.2, 0) is 14.8 Å². The molecule has 2 heterocycles. The minimum absolute atomic E-state index is 0.0678. The minimum atomic E-state index is -4.14. The van der Waals surface area contributed by atoms with Gasteiger partial charge in [0.15, 0.2) is 0 Å². The second-order valence-corrected chi connectivity index (χ2v) is 10.6. The monoisotopic (exact) mass is 492 g/mol. The minimum Gasteiger partial charge on any atom is -0.382 e. The van der Waals surface area contributed by atoms with Gasteiger partial charge in [0.2, 0.25) is 5.78 Å². The van der Waals surface area contributed by atoms with Crippen molar-refractivity contribution >= 4 is 32.4 Å². The van der Waals surface area contributed by atoms with Crippen LogP contribution >= 0.6 is 0 Å². The number of aryl methyl sites for hydroxylation is 2. The van der Waals surface area contributed by atoms with E-state index in [1.807, 2.05) is 32.0 Å². The fraction of sp³-hybridized carbons (Fsp3) is 0.308.